The zero-order chi connectivity index (χ0) is 13.3. The smallest absolute Gasteiger partial charge is 0.416 e. The fourth-order valence-corrected chi connectivity index (χ4v) is 0.944. The number of carbonyl (C=O) groups excluding carboxylic acids is 1. The van der Waals surface area contributed by atoms with E-state index in [0.717, 1.165) is 24.3 Å². The fraction of sp³-hybridized carbons (Fsp3) is 0.364. The predicted molar refractivity (Wildman–Crippen MR) is 53.4 cm³/mol. The van der Waals surface area contributed by atoms with E-state index in [9.17, 15) is 23.1 Å². The number of hydrogen-bond acceptors (Lipinski definition) is 3. The average molecular weight is 248 g/mol. The van der Waals surface area contributed by atoms with Gasteiger partial charge in [0.05, 0.1) is 5.56 Å². The molecule has 0 atom stereocenters. The van der Waals surface area contributed by atoms with Crippen LogP contribution in [0.2, 0.25) is 0 Å². The van der Waals surface area contributed by atoms with Crippen LogP contribution in [-0.4, -0.2) is 16.7 Å². The lowest BCUT2D eigenvalue weighted by molar-refractivity contribution is -0.151. The molecule has 0 bridgehead atoms. The Morgan fingerprint density at radius 2 is 1.65 bits per heavy atom. The number of hydrogen-bond donors (Lipinski definition) is 1. The van der Waals surface area contributed by atoms with Gasteiger partial charge in [0.15, 0.2) is 5.60 Å². The number of rotatable bonds is 2. The van der Waals surface area contributed by atoms with Gasteiger partial charge in [-0.15, -0.1) is 0 Å². The number of alkyl halides is 3. The van der Waals surface area contributed by atoms with Gasteiger partial charge in [-0.05, 0) is 38.1 Å². The number of halogens is 3. The Labute approximate surface area is 95.8 Å². The second kappa shape index (κ2) is 4.37. The summed E-state index contributed by atoms with van der Waals surface area (Å²) in [6.45, 7) is 2.44. The minimum absolute atomic E-state index is 0.0508. The molecule has 1 aromatic rings. The van der Waals surface area contributed by atoms with Gasteiger partial charge in [-0.2, -0.15) is 13.2 Å². The van der Waals surface area contributed by atoms with Crippen LogP contribution in [0.3, 0.4) is 0 Å². The monoisotopic (exact) mass is 248 g/mol. The van der Waals surface area contributed by atoms with E-state index >= 15 is 0 Å². The molecule has 0 heterocycles. The average Bonchev–Trinajstić information content (AvgIpc) is 2.15. The van der Waals surface area contributed by atoms with E-state index in [1.165, 1.54) is 13.8 Å². The van der Waals surface area contributed by atoms with Crippen LogP contribution in [0.1, 0.15) is 19.4 Å². The van der Waals surface area contributed by atoms with Crippen molar-refractivity contribution in [2.45, 2.75) is 25.6 Å². The standard InChI is InChI=1S/C11H11F3O3/c1-10(2,16)9(15)17-8-5-3-7(4-6-8)11(12,13)14/h3-6,16H,1-2H3. The largest absolute Gasteiger partial charge is 0.424 e. The summed E-state index contributed by atoms with van der Waals surface area (Å²) in [7, 11) is 0. The number of ether oxygens (including phenoxy) is 1. The Balaban J connectivity index is 2.80. The molecule has 1 aromatic carbocycles. The van der Waals surface area contributed by atoms with Crippen molar-refractivity contribution >= 4 is 5.97 Å². The van der Waals surface area contributed by atoms with E-state index in [2.05, 4.69) is 0 Å². The topological polar surface area (TPSA) is 46.5 Å². The third-order valence-corrected chi connectivity index (χ3v) is 1.89. The van der Waals surface area contributed by atoms with Gasteiger partial charge in [-0.1, -0.05) is 0 Å². The third kappa shape index (κ3) is 3.74. The summed E-state index contributed by atoms with van der Waals surface area (Å²) in [6.07, 6.45) is -4.43. The van der Waals surface area contributed by atoms with Crippen molar-refractivity contribution in [3.05, 3.63) is 29.8 Å². The van der Waals surface area contributed by atoms with Crippen LogP contribution < -0.4 is 4.74 Å². The van der Waals surface area contributed by atoms with E-state index in [1.807, 2.05) is 0 Å². The summed E-state index contributed by atoms with van der Waals surface area (Å²) in [4.78, 5) is 11.2. The Morgan fingerprint density at radius 1 is 1.18 bits per heavy atom. The maximum Gasteiger partial charge on any atom is 0.416 e. The Hall–Kier alpha value is -1.56. The zero-order valence-electron chi connectivity index (χ0n) is 9.21. The number of carbonyl (C=O) groups is 1. The van der Waals surface area contributed by atoms with Gasteiger partial charge < -0.3 is 9.84 Å². The van der Waals surface area contributed by atoms with E-state index in [4.69, 9.17) is 4.74 Å². The second-order valence-corrected chi connectivity index (χ2v) is 3.97. The van der Waals surface area contributed by atoms with Crippen LogP contribution >= 0.6 is 0 Å². The van der Waals surface area contributed by atoms with E-state index in [1.54, 1.807) is 0 Å². The van der Waals surface area contributed by atoms with E-state index < -0.39 is 23.3 Å². The summed E-state index contributed by atoms with van der Waals surface area (Å²) in [6, 6.07) is 3.64. The maximum atomic E-state index is 12.2. The minimum Gasteiger partial charge on any atom is -0.424 e. The zero-order valence-corrected chi connectivity index (χ0v) is 9.21. The first kappa shape index (κ1) is 13.5. The number of benzene rings is 1. The summed E-state index contributed by atoms with van der Waals surface area (Å²) in [5.74, 6) is -0.984. The van der Waals surface area contributed by atoms with Gasteiger partial charge in [0.1, 0.15) is 5.75 Å². The van der Waals surface area contributed by atoms with Gasteiger partial charge in [0.25, 0.3) is 0 Å². The van der Waals surface area contributed by atoms with Crippen molar-refractivity contribution < 1.29 is 27.8 Å². The highest BCUT2D eigenvalue weighted by molar-refractivity contribution is 5.80. The Bertz CT molecular complexity index is 401. The highest BCUT2D eigenvalue weighted by Crippen LogP contribution is 2.30. The molecule has 17 heavy (non-hydrogen) atoms. The molecule has 0 saturated heterocycles. The minimum atomic E-state index is -4.43. The number of esters is 1. The quantitative estimate of drug-likeness (QED) is 0.645. The van der Waals surface area contributed by atoms with E-state index in [0.29, 0.717) is 0 Å². The normalized spacial score (nSPS) is 12.4. The van der Waals surface area contributed by atoms with Crippen LogP contribution in [0.4, 0.5) is 13.2 Å². The molecule has 0 aliphatic heterocycles. The summed E-state index contributed by atoms with van der Waals surface area (Å²) < 4.78 is 41.4. The van der Waals surface area contributed by atoms with Gasteiger partial charge in [0, 0.05) is 0 Å². The Kier molecular flexibility index (Phi) is 3.47. The van der Waals surface area contributed by atoms with Crippen molar-refractivity contribution in [2.24, 2.45) is 0 Å². The molecule has 94 valence electrons. The van der Waals surface area contributed by atoms with Crippen molar-refractivity contribution in [1.29, 1.82) is 0 Å². The molecule has 0 aliphatic carbocycles. The molecule has 0 amide bonds. The highest BCUT2D eigenvalue weighted by atomic mass is 19.4. The van der Waals surface area contributed by atoms with Crippen LogP contribution in [0.15, 0.2) is 24.3 Å². The first-order valence-corrected chi connectivity index (χ1v) is 4.72. The van der Waals surface area contributed by atoms with Crippen molar-refractivity contribution in [3.63, 3.8) is 0 Å². The molecule has 0 saturated carbocycles. The molecule has 0 unspecified atom stereocenters. The third-order valence-electron chi connectivity index (χ3n) is 1.89. The van der Waals surface area contributed by atoms with Crippen molar-refractivity contribution in [2.75, 3.05) is 0 Å². The SMILES string of the molecule is CC(C)(O)C(=O)Oc1ccc(C(F)(F)F)cc1. The van der Waals surface area contributed by atoms with Gasteiger partial charge in [0.2, 0.25) is 0 Å². The van der Waals surface area contributed by atoms with Crippen LogP contribution in [0.5, 0.6) is 5.75 Å². The van der Waals surface area contributed by atoms with Crippen molar-refractivity contribution in [3.8, 4) is 5.75 Å². The molecule has 3 nitrogen and oxygen atoms in total. The lowest BCUT2D eigenvalue weighted by Crippen LogP contribution is -2.35. The molecule has 0 radical (unpaired) electrons. The Morgan fingerprint density at radius 3 is 2.00 bits per heavy atom. The van der Waals surface area contributed by atoms with Gasteiger partial charge >= 0.3 is 12.1 Å². The molecule has 0 spiro atoms. The number of aliphatic hydroxyl groups is 1. The summed E-state index contributed by atoms with van der Waals surface area (Å²) >= 11 is 0. The lowest BCUT2D eigenvalue weighted by atomic mass is 10.1. The lowest BCUT2D eigenvalue weighted by Gasteiger charge is -2.15. The van der Waals surface area contributed by atoms with Gasteiger partial charge in [-0.3, -0.25) is 0 Å². The summed E-state index contributed by atoms with van der Waals surface area (Å²) in [5, 5.41) is 9.28. The van der Waals surface area contributed by atoms with Crippen LogP contribution in [0, 0.1) is 0 Å². The predicted octanol–water partition coefficient (Wildman–Crippen LogP) is 2.38. The first-order valence-electron chi connectivity index (χ1n) is 4.72. The van der Waals surface area contributed by atoms with Crippen molar-refractivity contribution in [1.82, 2.24) is 0 Å². The molecule has 0 aromatic heterocycles. The molecule has 0 aliphatic rings. The van der Waals surface area contributed by atoms with E-state index in [-0.39, 0.29) is 5.75 Å². The van der Waals surface area contributed by atoms with Crippen LogP contribution in [0.25, 0.3) is 0 Å². The molecular weight excluding hydrogens is 237 g/mol. The van der Waals surface area contributed by atoms with Gasteiger partial charge in [-0.25, -0.2) is 4.79 Å². The molecule has 1 N–H and O–H groups in total. The first-order chi connectivity index (χ1) is 7.60. The molecule has 6 heteroatoms. The fourth-order valence-electron chi connectivity index (χ4n) is 0.944. The summed E-state index contributed by atoms with van der Waals surface area (Å²) in [5.41, 5.74) is -2.52. The maximum absolute atomic E-state index is 12.2. The second-order valence-electron chi connectivity index (χ2n) is 3.97. The highest BCUT2D eigenvalue weighted by Gasteiger charge is 2.30. The molecule has 0 fully saturated rings. The molecule has 1 rings (SSSR count). The van der Waals surface area contributed by atoms with Crippen LogP contribution in [-0.2, 0) is 11.0 Å². The molecular formula is C11H11F3O3.